The SMILES string of the molecule is CCn1c(SCC(=O)Nc2ccc(C(C)=O)cc2)nc2c(-c3ccc(C)cc3)nsc2c1=O. The molecule has 1 amide bonds. The van der Waals surface area contributed by atoms with Gasteiger partial charge in [0, 0.05) is 23.4 Å². The Balaban J connectivity index is 1.58. The molecule has 0 bridgehead atoms. The minimum Gasteiger partial charge on any atom is -0.325 e. The lowest BCUT2D eigenvalue weighted by atomic mass is 10.1. The third-order valence-electron chi connectivity index (χ3n) is 5.09. The summed E-state index contributed by atoms with van der Waals surface area (Å²) in [5, 5.41) is 3.29. The zero-order valence-corrected chi connectivity index (χ0v) is 20.0. The maximum atomic E-state index is 13.1. The number of rotatable bonds is 7. The highest BCUT2D eigenvalue weighted by Crippen LogP contribution is 2.29. The Kier molecular flexibility index (Phi) is 6.71. The van der Waals surface area contributed by atoms with E-state index in [1.165, 1.54) is 18.7 Å². The molecule has 4 aromatic rings. The molecule has 33 heavy (non-hydrogen) atoms. The minimum atomic E-state index is -0.227. The number of carbonyl (C=O) groups is 2. The lowest BCUT2D eigenvalue weighted by Crippen LogP contribution is -2.22. The predicted molar refractivity (Wildman–Crippen MR) is 133 cm³/mol. The van der Waals surface area contributed by atoms with Crippen LogP contribution in [0.25, 0.3) is 21.5 Å². The summed E-state index contributed by atoms with van der Waals surface area (Å²) >= 11 is 2.36. The monoisotopic (exact) mass is 478 g/mol. The minimum absolute atomic E-state index is 0.0321. The van der Waals surface area contributed by atoms with Crippen molar-refractivity contribution in [3.05, 3.63) is 70.0 Å². The molecular weight excluding hydrogens is 456 g/mol. The van der Waals surface area contributed by atoms with Gasteiger partial charge in [-0.3, -0.25) is 19.0 Å². The summed E-state index contributed by atoms with van der Waals surface area (Å²) in [6, 6.07) is 14.7. The summed E-state index contributed by atoms with van der Waals surface area (Å²) < 4.78 is 6.57. The number of fused-ring (bicyclic) bond motifs is 1. The van der Waals surface area contributed by atoms with Crippen molar-refractivity contribution in [2.45, 2.75) is 32.5 Å². The summed E-state index contributed by atoms with van der Waals surface area (Å²) in [5.41, 5.74) is 4.30. The fourth-order valence-electron chi connectivity index (χ4n) is 3.30. The zero-order chi connectivity index (χ0) is 23.5. The molecule has 0 aliphatic carbocycles. The molecule has 0 saturated carbocycles. The average Bonchev–Trinajstić information content (AvgIpc) is 3.23. The van der Waals surface area contributed by atoms with Crippen molar-refractivity contribution in [2.75, 3.05) is 11.1 Å². The van der Waals surface area contributed by atoms with Gasteiger partial charge >= 0.3 is 0 Å². The van der Waals surface area contributed by atoms with E-state index in [1.807, 2.05) is 38.1 Å². The van der Waals surface area contributed by atoms with Gasteiger partial charge in [-0.25, -0.2) is 4.98 Å². The maximum Gasteiger partial charge on any atom is 0.273 e. The van der Waals surface area contributed by atoms with E-state index < -0.39 is 0 Å². The van der Waals surface area contributed by atoms with Crippen molar-refractivity contribution < 1.29 is 9.59 Å². The van der Waals surface area contributed by atoms with Crippen molar-refractivity contribution >= 4 is 50.9 Å². The van der Waals surface area contributed by atoms with Gasteiger partial charge < -0.3 is 5.32 Å². The van der Waals surface area contributed by atoms with Crippen LogP contribution in [0.3, 0.4) is 0 Å². The Morgan fingerprint density at radius 1 is 1.09 bits per heavy atom. The molecule has 2 heterocycles. The van der Waals surface area contributed by atoms with E-state index in [0.29, 0.717) is 38.9 Å². The molecule has 2 aromatic carbocycles. The molecule has 168 valence electrons. The van der Waals surface area contributed by atoms with E-state index >= 15 is 0 Å². The van der Waals surface area contributed by atoms with Crippen LogP contribution in [-0.4, -0.2) is 31.4 Å². The number of carbonyl (C=O) groups excluding carboxylic acids is 2. The van der Waals surface area contributed by atoms with Gasteiger partial charge in [0.2, 0.25) is 5.91 Å². The van der Waals surface area contributed by atoms with Crippen LogP contribution in [0.5, 0.6) is 0 Å². The van der Waals surface area contributed by atoms with Gasteiger partial charge in [-0.1, -0.05) is 41.6 Å². The van der Waals surface area contributed by atoms with E-state index in [4.69, 9.17) is 4.98 Å². The number of amides is 1. The van der Waals surface area contributed by atoms with Crippen LogP contribution in [0.15, 0.2) is 58.5 Å². The van der Waals surface area contributed by atoms with Crippen LogP contribution in [0, 0.1) is 6.92 Å². The Bertz CT molecular complexity index is 1390. The third kappa shape index (κ3) is 4.89. The highest BCUT2D eigenvalue weighted by Gasteiger charge is 2.18. The first kappa shape index (κ1) is 22.9. The van der Waals surface area contributed by atoms with Gasteiger partial charge in [-0.15, -0.1) is 0 Å². The first-order valence-corrected chi connectivity index (χ1v) is 12.1. The van der Waals surface area contributed by atoms with Crippen molar-refractivity contribution in [3.63, 3.8) is 0 Å². The van der Waals surface area contributed by atoms with Crippen molar-refractivity contribution in [1.29, 1.82) is 0 Å². The molecule has 0 aliphatic rings. The van der Waals surface area contributed by atoms with Gasteiger partial charge in [-0.05, 0) is 56.6 Å². The third-order valence-corrected chi connectivity index (χ3v) is 6.89. The van der Waals surface area contributed by atoms with Gasteiger partial charge in [-0.2, -0.15) is 4.37 Å². The zero-order valence-electron chi connectivity index (χ0n) is 18.4. The van der Waals surface area contributed by atoms with Gasteiger partial charge in [0.25, 0.3) is 5.56 Å². The highest BCUT2D eigenvalue weighted by atomic mass is 32.2. The summed E-state index contributed by atoms with van der Waals surface area (Å²) in [4.78, 5) is 41.7. The van der Waals surface area contributed by atoms with Gasteiger partial charge in [0.1, 0.15) is 15.9 Å². The molecule has 0 fully saturated rings. The summed E-state index contributed by atoms with van der Waals surface area (Å²) in [6.07, 6.45) is 0. The summed E-state index contributed by atoms with van der Waals surface area (Å²) in [6.45, 7) is 5.82. The molecule has 0 radical (unpaired) electrons. The quantitative estimate of drug-likeness (QED) is 0.233. The Morgan fingerprint density at radius 3 is 2.42 bits per heavy atom. The van der Waals surface area contributed by atoms with Crippen LogP contribution < -0.4 is 10.9 Å². The number of aryl methyl sites for hydroxylation is 1. The van der Waals surface area contributed by atoms with Crippen molar-refractivity contribution in [2.24, 2.45) is 0 Å². The number of nitrogens with zero attached hydrogens (tertiary/aromatic N) is 3. The fourth-order valence-corrected chi connectivity index (χ4v) is 4.95. The molecule has 2 aromatic heterocycles. The Labute approximate surface area is 199 Å². The molecule has 4 rings (SSSR count). The number of anilines is 1. The highest BCUT2D eigenvalue weighted by molar-refractivity contribution is 7.99. The molecule has 0 spiro atoms. The number of hydrogen-bond donors (Lipinski definition) is 1. The second kappa shape index (κ2) is 9.68. The number of benzene rings is 2. The lowest BCUT2D eigenvalue weighted by Gasteiger charge is -2.10. The Morgan fingerprint density at radius 2 is 1.79 bits per heavy atom. The largest absolute Gasteiger partial charge is 0.325 e. The summed E-state index contributed by atoms with van der Waals surface area (Å²) in [5.74, 6) is -0.172. The second-order valence-corrected chi connectivity index (χ2v) is 9.21. The predicted octanol–water partition coefficient (Wildman–Crippen LogP) is 4.78. The van der Waals surface area contributed by atoms with Gasteiger partial charge in [0.05, 0.1) is 5.75 Å². The van der Waals surface area contributed by atoms with Gasteiger partial charge in [0.15, 0.2) is 10.9 Å². The van der Waals surface area contributed by atoms with E-state index in [1.54, 1.807) is 28.8 Å². The number of ketones is 1. The lowest BCUT2D eigenvalue weighted by molar-refractivity contribution is -0.113. The normalized spacial score (nSPS) is 11.0. The number of Topliss-reactive ketones (excluding diaryl/α,β-unsaturated/α-hetero) is 1. The van der Waals surface area contributed by atoms with Crippen LogP contribution in [0.2, 0.25) is 0 Å². The number of hydrogen-bond acceptors (Lipinski definition) is 7. The molecule has 0 saturated heterocycles. The van der Waals surface area contributed by atoms with Crippen LogP contribution >= 0.6 is 23.3 Å². The standard InChI is InChI=1S/C24H22N4O3S2/c1-4-28-23(31)22-21(20(27-33-22)17-7-5-14(2)6-8-17)26-24(28)32-13-19(30)25-18-11-9-16(10-12-18)15(3)29/h5-12H,4,13H2,1-3H3,(H,25,30). The van der Waals surface area contributed by atoms with Crippen LogP contribution in [0.1, 0.15) is 29.8 Å². The van der Waals surface area contributed by atoms with Crippen LogP contribution in [-0.2, 0) is 11.3 Å². The molecule has 0 unspecified atom stereocenters. The van der Waals surface area contributed by atoms with Crippen molar-refractivity contribution in [1.82, 2.24) is 13.9 Å². The molecular formula is C24H22N4O3S2. The topological polar surface area (TPSA) is 93.9 Å². The maximum absolute atomic E-state index is 13.1. The second-order valence-electron chi connectivity index (χ2n) is 7.49. The average molecular weight is 479 g/mol. The number of nitrogens with one attached hydrogen (secondary N) is 1. The molecule has 0 aliphatic heterocycles. The fraction of sp³-hybridized carbons (Fsp3) is 0.208. The summed E-state index contributed by atoms with van der Waals surface area (Å²) in [7, 11) is 0. The molecule has 9 heteroatoms. The van der Waals surface area contributed by atoms with E-state index in [9.17, 15) is 14.4 Å². The number of thioether (sulfide) groups is 1. The first-order chi connectivity index (χ1) is 15.9. The van der Waals surface area contributed by atoms with Crippen LogP contribution in [0.4, 0.5) is 5.69 Å². The first-order valence-electron chi connectivity index (χ1n) is 10.4. The van der Waals surface area contributed by atoms with E-state index in [-0.39, 0.29) is 23.0 Å². The molecule has 1 N–H and O–H groups in total. The molecule has 7 nitrogen and oxygen atoms in total. The van der Waals surface area contributed by atoms with E-state index in [2.05, 4.69) is 9.69 Å². The van der Waals surface area contributed by atoms with Crippen molar-refractivity contribution in [3.8, 4) is 11.3 Å². The molecule has 0 atom stereocenters. The number of aromatic nitrogens is 3. The smallest absolute Gasteiger partial charge is 0.273 e. The van der Waals surface area contributed by atoms with E-state index in [0.717, 1.165) is 22.7 Å². The Hall–Kier alpha value is -3.30.